The minimum atomic E-state index is -3.55. The van der Waals surface area contributed by atoms with Crippen LogP contribution in [0.4, 0.5) is 0 Å². The highest BCUT2D eigenvalue weighted by molar-refractivity contribution is 7.93. The summed E-state index contributed by atoms with van der Waals surface area (Å²) in [5.41, 5.74) is 0. The molecule has 0 saturated heterocycles. The van der Waals surface area contributed by atoms with Gasteiger partial charge < -0.3 is 0 Å². The van der Waals surface area contributed by atoms with Gasteiger partial charge in [0.1, 0.15) is 0 Å². The maximum atomic E-state index is 11.7. The molecule has 0 fully saturated rings. The lowest BCUT2D eigenvalue weighted by atomic mass is 10.1. The molecule has 0 saturated carbocycles. The highest BCUT2D eigenvalue weighted by Crippen LogP contribution is 2.30. The topological polar surface area (TPSA) is 80.5 Å². The van der Waals surface area contributed by atoms with Gasteiger partial charge in [0.05, 0.1) is 11.3 Å². The third-order valence-corrected chi connectivity index (χ3v) is 4.45. The van der Waals surface area contributed by atoms with Crippen LogP contribution in [-0.2, 0) is 10.0 Å². The Balaban J connectivity index is 3.01. The summed E-state index contributed by atoms with van der Waals surface area (Å²) in [4.78, 5) is 8.24. The first-order valence-corrected chi connectivity index (χ1v) is 6.17. The van der Waals surface area contributed by atoms with Crippen molar-refractivity contribution in [3.63, 3.8) is 0 Å². The van der Waals surface area contributed by atoms with E-state index in [-0.39, 0.29) is 11.3 Å². The molecule has 0 aromatic carbocycles. The lowest BCUT2D eigenvalue weighted by Crippen LogP contribution is -2.32. The lowest BCUT2D eigenvalue weighted by Gasteiger charge is -2.19. The lowest BCUT2D eigenvalue weighted by molar-refractivity contribution is -0.527. The van der Waals surface area contributed by atoms with E-state index >= 15 is 0 Å². The van der Waals surface area contributed by atoms with Crippen molar-refractivity contribution in [3.05, 3.63) is 33.2 Å². The molecule has 1 rings (SSSR count). The second-order valence-electron chi connectivity index (χ2n) is 3.51. The van der Waals surface area contributed by atoms with Gasteiger partial charge in [-0.3, -0.25) is 10.1 Å². The molecule has 1 atom stereocenters. The van der Waals surface area contributed by atoms with E-state index in [9.17, 15) is 18.5 Å². The number of halogens is 1. The molecule has 0 amide bonds. The fraction of sp³-hybridized carbons (Fsp3) is 0.500. The van der Waals surface area contributed by atoms with Crippen LogP contribution in [0.5, 0.6) is 0 Å². The SMILES string of the molecule is CN(C)S(=O)(=O)C1=CCC(Cl)([N+](=O)[O-])C=C1. The van der Waals surface area contributed by atoms with Crippen molar-refractivity contribution in [2.45, 2.75) is 11.4 Å². The van der Waals surface area contributed by atoms with Crippen LogP contribution in [0.2, 0.25) is 0 Å². The number of alkyl halides is 1. The first kappa shape index (κ1) is 13.1. The molecule has 0 aliphatic heterocycles. The zero-order valence-corrected chi connectivity index (χ0v) is 10.3. The highest BCUT2D eigenvalue weighted by atomic mass is 35.5. The van der Waals surface area contributed by atoms with Crippen molar-refractivity contribution in [3.8, 4) is 0 Å². The van der Waals surface area contributed by atoms with Crippen LogP contribution < -0.4 is 0 Å². The van der Waals surface area contributed by atoms with Crippen LogP contribution >= 0.6 is 11.6 Å². The van der Waals surface area contributed by atoms with E-state index in [0.29, 0.717) is 0 Å². The van der Waals surface area contributed by atoms with Crippen molar-refractivity contribution < 1.29 is 13.3 Å². The largest absolute Gasteiger partial charge is 0.317 e. The van der Waals surface area contributed by atoms with Crippen molar-refractivity contribution in [2.75, 3.05) is 14.1 Å². The van der Waals surface area contributed by atoms with Crippen molar-refractivity contribution in [2.24, 2.45) is 0 Å². The van der Waals surface area contributed by atoms with E-state index in [2.05, 4.69) is 0 Å². The Bertz CT molecular complexity index is 468. The summed E-state index contributed by atoms with van der Waals surface area (Å²) in [6.07, 6.45) is 3.35. The Labute approximate surface area is 98.4 Å². The fourth-order valence-corrected chi connectivity index (χ4v) is 2.22. The van der Waals surface area contributed by atoms with E-state index < -0.39 is 19.9 Å². The van der Waals surface area contributed by atoms with Gasteiger partial charge in [-0.2, -0.15) is 0 Å². The van der Waals surface area contributed by atoms with E-state index in [1.807, 2.05) is 0 Å². The van der Waals surface area contributed by atoms with E-state index in [4.69, 9.17) is 11.6 Å². The van der Waals surface area contributed by atoms with Crippen LogP contribution in [-0.4, -0.2) is 36.7 Å². The number of nitrogens with zero attached hydrogens (tertiary/aromatic N) is 2. The molecule has 1 aliphatic carbocycles. The number of hydrogen-bond acceptors (Lipinski definition) is 4. The normalized spacial score (nSPS) is 25.6. The molecule has 0 bridgehead atoms. The Hall–Kier alpha value is -0.920. The summed E-state index contributed by atoms with van der Waals surface area (Å²) in [5.74, 6) is 0. The van der Waals surface area contributed by atoms with Crippen LogP contribution in [0.1, 0.15) is 6.42 Å². The number of allylic oxidation sites excluding steroid dienone is 1. The summed E-state index contributed by atoms with van der Waals surface area (Å²) in [5, 5.41) is 10.6. The van der Waals surface area contributed by atoms with E-state index in [1.54, 1.807) is 0 Å². The smallest absolute Gasteiger partial charge is 0.262 e. The molecule has 16 heavy (non-hydrogen) atoms. The highest BCUT2D eigenvalue weighted by Gasteiger charge is 2.39. The number of sulfonamides is 1. The van der Waals surface area contributed by atoms with E-state index in [1.165, 1.54) is 20.2 Å². The average Bonchev–Trinajstić information content (AvgIpc) is 2.18. The number of hydrogen-bond donors (Lipinski definition) is 0. The van der Waals surface area contributed by atoms with Gasteiger partial charge in [0.15, 0.2) is 0 Å². The average molecular weight is 267 g/mol. The molecule has 90 valence electrons. The third-order valence-electron chi connectivity index (χ3n) is 2.17. The molecule has 8 heteroatoms. The fourth-order valence-electron chi connectivity index (χ4n) is 1.13. The van der Waals surface area contributed by atoms with Gasteiger partial charge in [-0.05, 0) is 17.7 Å². The quantitative estimate of drug-likeness (QED) is 0.329. The van der Waals surface area contributed by atoms with Gasteiger partial charge in [0, 0.05) is 25.1 Å². The molecular weight excluding hydrogens is 256 g/mol. The Morgan fingerprint density at radius 2 is 2.12 bits per heavy atom. The maximum Gasteiger partial charge on any atom is 0.317 e. The van der Waals surface area contributed by atoms with Gasteiger partial charge in [-0.25, -0.2) is 12.7 Å². The second-order valence-corrected chi connectivity index (χ2v) is 6.31. The molecule has 1 unspecified atom stereocenters. The maximum absolute atomic E-state index is 11.7. The molecule has 0 aromatic rings. The van der Waals surface area contributed by atoms with Crippen molar-refractivity contribution in [1.82, 2.24) is 4.31 Å². The van der Waals surface area contributed by atoms with Gasteiger partial charge in [-0.15, -0.1) is 0 Å². The Morgan fingerprint density at radius 3 is 2.44 bits per heavy atom. The van der Waals surface area contributed by atoms with Crippen LogP contribution in [0, 0.1) is 10.1 Å². The van der Waals surface area contributed by atoms with E-state index in [0.717, 1.165) is 16.5 Å². The molecule has 0 heterocycles. The summed E-state index contributed by atoms with van der Waals surface area (Å²) >= 11 is 5.67. The first-order chi connectivity index (χ1) is 7.20. The van der Waals surface area contributed by atoms with Gasteiger partial charge in [-0.1, -0.05) is 6.08 Å². The summed E-state index contributed by atoms with van der Waals surface area (Å²) in [7, 11) is -0.772. The molecule has 0 aromatic heterocycles. The molecule has 0 N–H and O–H groups in total. The van der Waals surface area contributed by atoms with Crippen molar-refractivity contribution >= 4 is 21.6 Å². The molecular formula is C8H11ClN2O4S. The standard InChI is InChI=1S/C8H11ClN2O4S/c1-10(2)16(14,15)7-3-5-8(9,6-4-7)11(12)13/h3-5H,6H2,1-2H3. The monoisotopic (exact) mass is 266 g/mol. The molecule has 1 aliphatic rings. The Kier molecular flexibility index (Phi) is 3.41. The van der Waals surface area contributed by atoms with Gasteiger partial charge in [0.25, 0.3) is 0 Å². The molecule has 0 spiro atoms. The van der Waals surface area contributed by atoms with Crippen LogP contribution in [0.15, 0.2) is 23.1 Å². The van der Waals surface area contributed by atoms with Crippen LogP contribution in [0.25, 0.3) is 0 Å². The summed E-state index contributed by atoms with van der Waals surface area (Å²) in [6, 6.07) is 0. The summed E-state index contributed by atoms with van der Waals surface area (Å²) in [6.45, 7) is 0. The third kappa shape index (κ3) is 2.26. The van der Waals surface area contributed by atoms with Gasteiger partial charge in [0.2, 0.25) is 10.0 Å². The molecule has 0 radical (unpaired) electrons. The first-order valence-electron chi connectivity index (χ1n) is 4.35. The minimum absolute atomic E-state index is 0.0237. The predicted octanol–water partition coefficient (Wildman–Crippen LogP) is 0.933. The number of rotatable bonds is 3. The zero-order valence-electron chi connectivity index (χ0n) is 8.75. The minimum Gasteiger partial charge on any atom is -0.262 e. The van der Waals surface area contributed by atoms with Gasteiger partial charge >= 0.3 is 5.00 Å². The molecule has 6 nitrogen and oxygen atoms in total. The number of nitro groups is 1. The zero-order chi connectivity index (χ0) is 12.6. The predicted molar refractivity (Wildman–Crippen MR) is 60.0 cm³/mol. The summed E-state index contributed by atoms with van der Waals surface area (Å²) < 4.78 is 24.4. The second kappa shape index (κ2) is 4.15. The van der Waals surface area contributed by atoms with Crippen LogP contribution in [0.3, 0.4) is 0 Å². The Morgan fingerprint density at radius 1 is 1.56 bits per heavy atom. The van der Waals surface area contributed by atoms with Crippen molar-refractivity contribution in [1.29, 1.82) is 0 Å².